The van der Waals surface area contributed by atoms with E-state index in [4.69, 9.17) is 5.11 Å². The minimum atomic E-state index is -1.12. The summed E-state index contributed by atoms with van der Waals surface area (Å²) in [5, 5.41) is 32.0. The Labute approximate surface area is 159 Å². The number of hydrogen-bond acceptors (Lipinski definition) is 6. The summed E-state index contributed by atoms with van der Waals surface area (Å²) in [6, 6.07) is 4.12. The van der Waals surface area contributed by atoms with Crippen molar-refractivity contribution in [3.05, 3.63) is 58.3 Å². The monoisotopic (exact) mass is 384 g/mol. The van der Waals surface area contributed by atoms with Crippen molar-refractivity contribution in [3.8, 4) is 0 Å². The second-order valence-corrected chi connectivity index (χ2v) is 7.18. The Kier molecular flexibility index (Phi) is 4.91. The zero-order valence-corrected chi connectivity index (χ0v) is 15.3. The van der Waals surface area contributed by atoms with Crippen molar-refractivity contribution in [1.29, 1.82) is 0 Å². The van der Waals surface area contributed by atoms with E-state index in [9.17, 15) is 19.5 Å². The molecule has 5 N–H and O–H groups in total. The molecule has 28 heavy (non-hydrogen) atoms. The number of aromatic amines is 1. The van der Waals surface area contributed by atoms with Gasteiger partial charge in [-0.25, -0.2) is 5.10 Å². The third kappa shape index (κ3) is 3.73. The average molecular weight is 384 g/mol. The first-order valence-electron chi connectivity index (χ1n) is 8.55. The number of rotatable bonds is 5. The lowest BCUT2D eigenvalue weighted by Crippen LogP contribution is -2.48. The van der Waals surface area contributed by atoms with Crippen LogP contribution in [0.15, 0.2) is 47.2 Å². The maximum Gasteiger partial charge on any atom is 0.310 e. The molecule has 2 heterocycles. The molecular weight excluding hydrogens is 364 g/mol. The molecule has 1 aromatic carbocycles. The first-order valence-corrected chi connectivity index (χ1v) is 8.55. The van der Waals surface area contributed by atoms with E-state index < -0.39 is 23.3 Å². The Hall–Kier alpha value is -3.62. The Morgan fingerprint density at radius 1 is 1.32 bits per heavy atom. The third-order valence-electron chi connectivity index (χ3n) is 4.55. The van der Waals surface area contributed by atoms with Gasteiger partial charge in [0, 0.05) is 23.7 Å². The number of H-pyrrole nitrogens is 1. The maximum absolute atomic E-state index is 12.3. The van der Waals surface area contributed by atoms with Gasteiger partial charge in [-0.15, -0.1) is 0 Å². The van der Waals surface area contributed by atoms with E-state index in [-0.39, 0.29) is 17.9 Å². The number of carboxylic acids is 1. The van der Waals surface area contributed by atoms with Crippen LogP contribution in [0.3, 0.4) is 0 Å². The van der Waals surface area contributed by atoms with Gasteiger partial charge in [-0.1, -0.05) is 6.07 Å². The number of dihydropyridines is 1. The lowest BCUT2D eigenvalue weighted by atomic mass is 9.93. The molecule has 0 radical (unpaired) electrons. The van der Waals surface area contributed by atoms with E-state index >= 15 is 0 Å². The van der Waals surface area contributed by atoms with Crippen LogP contribution in [0, 0.1) is 5.41 Å². The zero-order chi connectivity index (χ0) is 20.5. The highest BCUT2D eigenvalue weighted by atomic mass is 16.4. The number of nitrogens with zero attached hydrogens (tertiary/aromatic N) is 1. The Morgan fingerprint density at radius 2 is 2.07 bits per heavy atom. The molecule has 0 aliphatic carbocycles. The summed E-state index contributed by atoms with van der Waals surface area (Å²) in [6.45, 7) is 2.92. The van der Waals surface area contributed by atoms with E-state index in [1.54, 1.807) is 24.4 Å². The minimum absolute atomic E-state index is 0.0740. The molecule has 0 fully saturated rings. The highest BCUT2D eigenvalue weighted by molar-refractivity contribution is 5.90. The summed E-state index contributed by atoms with van der Waals surface area (Å²) in [5.41, 5.74) is -0.0691. The first-order chi connectivity index (χ1) is 13.2. The van der Waals surface area contributed by atoms with Crippen LogP contribution in [-0.2, 0) is 9.59 Å². The lowest BCUT2D eigenvalue weighted by Gasteiger charge is -2.24. The van der Waals surface area contributed by atoms with Gasteiger partial charge in [-0.05, 0) is 37.6 Å². The van der Waals surface area contributed by atoms with Gasteiger partial charge in [-0.2, -0.15) is 5.10 Å². The highest BCUT2D eigenvalue weighted by Gasteiger charge is 2.30. The number of carbonyl (C=O) groups is 2. The number of carboxylic acid groups (broad SMARTS) is 1. The van der Waals surface area contributed by atoms with Gasteiger partial charge in [0.2, 0.25) is 5.91 Å². The van der Waals surface area contributed by atoms with Crippen LogP contribution in [0.1, 0.15) is 19.4 Å². The summed E-state index contributed by atoms with van der Waals surface area (Å²) >= 11 is 0. The van der Waals surface area contributed by atoms with Crippen LogP contribution in [0.25, 0.3) is 16.3 Å². The topological polar surface area (TPSA) is 144 Å². The van der Waals surface area contributed by atoms with E-state index in [0.29, 0.717) is 16.3 Å². The number of amides is 1. The molecule has 1 unspecified atom stereocenters. The third-order valence-corrected chi connectivity index (χ3v) is 4.55. The van der Waals surface area contributed by atoms with E-state index in [0.717, 1.165) is 5.56 Å². The van der Waals surface area contributed by atoms with Gasteiger partial charge in [-0.3, -0.25) is 14.4 Å². The lowest BCUT2D eigenvalue weighted by molar-refractivity contribution is -0.146. The van der Waals surface area contributed by atoms with Gasteiger partial charge >= 0.3 is 5.97 Å². The Bertz CT molecular complexity index is 1070. The fourth-order valence-corrected chi connectivity index (χ4v) is 2.68. The molecule has 3 rings (SSSR count). The van der Waals surface area contributed by atoms with Crippen LogP contribution in [0.2, 0.25) is 0 Å². The van der Waals surface area contributed by atoms with Gasteiger partial charge < -0.3 is 20.8 Å². The second kappa shape index (κ2) is 7.18. The highest BCUT2D eigenvalue weighted by Crippen LogP contribution is 2.24. The van der Waals surface area contributed by atoms with E-state index in [1.165, 1.54) is 26.1 Å². The fourth-order valence-electron chi connectivity index (χ4n) is 2.68. The predicted molar refractivity (Wildman–Crippen MR) is 102 cm³/mol. The Morgan fingerprint density at radius 3 is 2.75 bits per heavy atom. The molecule has 1 atom stereocenters. The molecule has 9 heteroatoms. The molecule has 2 aromatic rings. The number of aliphatic hydroxyl groups excluding tert-OH is 1. The standard InChI is InChI=1S/C19H20N4O5/c1-19(2,18(27)28)9-21-17(26)15-14(24)6-11(7-20-15)10-3-4-13-12(5-10)8-22-23-16(13)25/h3-8,15,20,24H,9H2,1-2H3,(H,21,26)(H,23,25)(H,27,28). The largest absolute Gasteiger partial charge is 0.510 e. The fraction of sp³-hybridized carbons (Fsp3) is 0.263. The molecular formula is C19H20N4O5. The maximum atomic E-state index is 12.3. The number of fused-ring (bicyclic) bond motifs is 1. The molecule has 1 aromatic heterocycles. The van der Waals surface area contributed by atoms with Crippen LogP contribution < -0.4 is 16.2 Å². The first kappa shape index (κ1) is 19.2. The van der Waals surface area contributed by atoms with Crippen molar-refractivity contribution >= 4 is 28.2 Å². The van der Waals surface area contributed by atoms with Crippen molar-refractivity contribution in [2.75, 3.05) is 6.54 Å². The molecule has 1 amide bonds. The summed E-state index contributed by atoms with van der Waals surface area (Å²) in [5.74, 6) is -1.77. The number of aliphatic carboxylic acids is 1. The molecule has 146 valence electrons. The SMILES string of the molecule is CC(C)(CNC(=O)C1NC=C(c2ccc3c(=O)[nH]ncc3c2)C=C1O)C(=O)O. The molecule has 1 aliphatic rings. The summed E-state index contributed by atoms with van der Waals surface area (Å²) in [7, 11) is 0. The van der Waals surface area contributed by atoms with Crippen LogP contribution in [-0.4, -0.2) is 44.9 Å². The number of allylic oxidation sites excluding steroid dienone is 2. The minimum Gasteiger partial charge on any atom is -0.510 e. The van der Waals surface area contributed by atoms with Gasteiger partial charge in [0.25, 0.3) is 5.56 Å². The number of hydrogen-bond donors (Lipinski definition) is 5. The Balaban J connectivity index is 1.75. The number of aliphatic hydroxyl groups is 1. The van der Waals surface area contributed by atoms with Gasteiger partial charge in [0.05, 0.1) is 17.0 Å². The van der Waals surface area contributed by atoms with Crippen LogP contribution in [0.5, 0.6) is 0 Å². The number of nitrogens with one attached hydrogen (secondary N) is 3. The van der Waals surface area contributed by atoms with E-state index in [1.807, 2.05) is 0 Å². The summed E-state index contributed by atoms with van der Waals surface area (Å²) in [4.78, 5) is 35.1. The smallest absolute Gasteiger partial charge is 0.310 e. The molecule has 9 nitrogen and oxygen atoms in total. The van der Waals surface area contributed by atoms with Crippen molar-refractivity contribution in [1.82, 2.24) is 20.8 Å². The van der Waals surface area contributed by atoms with Crippen LogP contribution in [0.4, 0.5) is 0 Å². The van der Waals surface area contributed by atoms with Crippen LogP contribution >= 0.6 is 0 Å². The predicted octanol–water partition coefficient (Wildman–Crippen LogP) is 0.905. The van der Waals surface area contributed by atoms with E-state index in [2.05, 4.69) is 20.8 Å². The van der Waals surface area contributed by atoms with Crippen molar-refractivity contribution in [3.63, 3.8) is 0 Å². The number of benzene rings is 1. The molecule has 0 saturated heterocycles. The second-order valence-electron chi connectivity index (χ2n) is 7.18. The van der Waals surface area contributed by atoms with Crippen molar-refractivity contribution < 1.29 is 19.8 Å². The molecule has 1 aliphatic heterocycles. The number of aromatic nitrogens is 2. The van der Waals surface area contributed by atoms with Gasteiger partial charge in [0.15, 0.2) is 6.04 Å². The van der Waals surface area contributed by atoms with Crippen molar-refractivity contribution in [2.24, 2.45) is 5.41 Å². The molecule has 0 bridgehead atoms. The quantitative estimate of drug-likeness (QED) is 0.515. The molecule has 0 saturated carbocycles. The van der Waals surface area contributed by atoms with Gasteiger partial charge in [0.1, 0.15) is 5.76 Å². The molecule has 0 spiro atoms. The van der Waals surface area contributed by atoms with Crippen molar-refractivity contribution in [2.45, 2.75) is 19.9 Å². The average Bonchev–Trinajstić information content (AvgIpc) is 2.66. The summed E-state index contributed by atoms with van der Waals surface area (Å²) < 4.78 is 0. The number of carbonyl (C=O) groups excluding carboxylic acids is 1. The normalized spacial score (nSPS) is 16.7. The zero-order valence-electron chi connectivity index (χ0n) is 15.3. The summed E-state index contributed by atoms with van der Waals surface area (Å²) in [6.07, 6.45) is 4.56.